The van der Waals surface area contributed by atoms with Gasteiger partial charge in [-0.15, -0.1) is 23.1 Å². The molecule has 0 radical (unpaired) electrons. The van der Waals surface area contributed by atoms with Crippen molar-refractivity contribution in [3.8, 4) is 0 Å². The van der Waals surface area contributed by atoms with E-state index in [0.29, 0.717) is 19.6 Å². The fourth-order valence-corrected chi connectivity index (χ4v) is 4.65. The van der Waals surface area contributed by atoms with Crippen molar-refractivity contribution in [2.45, 2.75) is 22.0 Å². The Morgan fingerprint density at radius 3 is 2.95 bits per heavy atom. The molecule has 1 aromatic heterocycles. The first-order chi connectivity index (χ1) is 10.1. The smallest absolute Gasteiger partial charge is 0.235 e. The Morgan fingerprint density at radius 1 is 1.43 bits per heavy atom. The molecule has 0 fully saturated rings. The highest BCUT2D eigenvalue weighted by Gasteiger charge is 2.34. The number of thiophene rings is 1. The lowest BCUT2D eigenvalue weighted by molar-refractivity contribution is -0.131. The monoisotopic (exact) mass is 331 g/mol. The van der Waals surface area contributed by atoms with Crippen molar-refractivity contribution in [2.75, 3.05) is 41.2 Å². The number of amides is 1. The average Bonchev–Trinajstić information content (AvgIpc) is 2.94. The fraction of sp³-hybridized carbons (Fsp3) is 0.643. The lowest BCUT2D eigenvalue weighted by Crippen LogP contribution is -2.34. The molecule has 21 heavy (non-hydrogen) atoms. The van der Waals surface area contributed by atoms with Crippen LogP contribution in [0.2, 0.25) is 0 Å². The molecule has 0 bridgehead atoms. The van der Waals surface area contributed by atoms with E-state index in [-0.39, 0.29) is 24.1 Å². The molecule has 0 saturated carbocycles. The van der Waals surface area contributed by atoms with Crippen LogP contribution in [0.4, 0.5) is 0 Å². The topological polar surface area (TPSA) is 48.0 Å². The number of carbonyl (C=O) groups excluding carboxylic acids is 1. The summed E-state index contributed by atoms with van der Waals surface area (Å²) in [5.41, 5.74) is 1.17. The molecule has 0 aromatic carbocycles. The van der Waals surface area contributed by atoms with E-state index < -0.39 is 0 Å². The predicted octanol–water partition coefficient (Wildman–Crippen LogP) is 2.38. The number of nitrogens with zero attached hydrogens (tertiary/aromatic N) is 1. The Morgan fingerprint density at radius 2 is 2.24 bits per heavy atom. The standard InChI is InChI=1S/C14H21NO4S2/c1-15(2)13(16)12-8-11(19-9-18-6-5-17-3)10-4-7-20-14(10)21-12/h4,7,11-12H,5-6,8-9H2,1-3H3. The van der Waals surface area contributed by atoms with E-state index in [4.69, 9.17) is 14.2 Å². The van der Waals surface area contributed by atoms with E-state index >= 15 is 0 Å². The summed E-state index contributed by atoms with van der Waals surface area (Å²) < 4.78 is 17.3. The number of fused-ring (bicyclic) bond motifs is 1. The van der Waals surface area contributed by atoms with Crippen molar-refractivity contribution in [1.29, 1.82) is 0 Å². The molecule has 2 unspecified atom stereocenters. The Bertz CT molecular complexity index is 464. The van der Waals surface area contributed by atoms with Crippen LogP contribution >= 0.6 is 23.1 Å². The molecule has 1 aromatic rings. The van der Waals surface area contributed by atoms with Crippen LogP contribution < -0.4 is 0 Å². The number of hydrogen-bond acceptors (Lipinski definition) is 6. The maximum absolute atomic E-state index is 12.2. The van der Waals surface area contributed by atoms with Crippen LogP contribution in [-0.2, 0) is 19.0 Å². The van der Waals surface area contributed by atoms with Gasteiger partial charge in [0.25, 0.3) is 0 Å². The number of carbonyl (C=O) groups is 1. The van der Waals surface area contributed by atoms with Crippen molar-refractivity contribution in [3.63, 3.8) is 0 Å². The SMILES string of the molecule is COCCOCOC1CC(C(=O)N(C)C)Sc2sccc21. The zero-order valence-corrected chi connectivity index (χ0v) is 14.2. The van der Waals surface area contributed by atoms with Gasteiger partial charge in [0, 0.05) is 26.8 Å². The first-order valence-corrected chi connectivity index (χ1v) is 8.53. The third-order valence-corrected chi connectivity index (χ3v) is 5.61. The van der Waals surface area contributed by atoms with Gasteiger partial charge >= 0.3 is 0 Å². The van der Waals surface area contributed by atoms with Crippen molar-refractivity contribution in [1.82, 2.24) is 4.90 Å². The zero-order valence-electron chi connectivity index (χ0n) is 12.5. The Balaban J connectivity index is 1.95. The summed E-state index contributed by atoms with van der Waals surface area (Å²) in [6, 6.07) is 2.07. The maximum Gasteiger partial charge on any atom is 0.235 e. The van der Waals surface area contributed by atoms with E-state index in [0.717, 1.165) is 0 Å². The molecule has 5 nitrogen and oxygen atoms in total. The highest BCUT2D eigenvalue weighted by molar-refractivity contribution is 8.02. The quantitative estimate of drug-likeness (QED) is 0.567. The molecule has 2 heterocycles. The first kappa shape index (κ1) is 16.8. The number of ether oxygens (including phenoxy) is 3. The molecule has 7 heteroatoms. The van der Waals surface area contributed by atoms with Gasteiger partial charge in [0.15, 0.2) is 0 Å². The third kappa shape index (κ3) is 4.43. The summed E-state index contributed by atoms with van der Waals surface area (Å²) in [7, 11) is 5.21. The van der Waals surface area contributed by atoms with E-state index in [2.05, 4.69) is 6.07 Å². The summed E-state index contributed by atoms with van der Waals surface area (Å²) in [6.45, 7) is 1.28. The molecule has 1 aliphatic rings. The molecular formula is C14H21NO4S2. The number of thioether (sulfide) groups is 1. The predicted molar refractivity (Wildman–Crippen MR) is 83.8 cm³/mol. The van der Waals surface area contributed by atoms with E-state index in [1.165, 1.54) is 9.77 Å². The molecule has 2 rings (SSSR count). The minimum Gasteiger partial charge on any atom is -0.382 e. The van der Waals surface area contributed by atoms with Crippen LogP contribution in [0.15, 0.2) is 15.7 Å². The Hall–Kier alpha value is -0.600. The van der Waals surface area contributed by atoms with Gasteiger partial charge in [-0.1, -0.05) is 0 Å². The van der Waals surface area contributed by atoms with Gasteiger partial charge in [-0.2, -0.15) is 0 Å². The fourth-order valence-electron chi connectivity index (χ4n) is 2.07. The first-order valence-electron chi connectivity index (χ1n) is 6.77. The van der Waals surface area contributed by atoms with Gasteiger partial charge in [-0.05, 0) is 17.9 Å². The summed E-state index contributed by atoms with van der Waals surface area (Å²) in [5.74, 6) is 0.132. The summed E-state index contributed by atoms with van der Waals surface area (Å²) >= 11 is 3.30. The Labute approximate surface area is 133 Å². The minimum atomic E-state index is -0.0878. The van der Waals surface area contributed by atoms with Gasteiger partial charge in [0.2, 0.25) is 5.91 Å². The maximum atomic E-state index is 12.2. The highest BCUT2D eigenvalue weighted by atomic mass is 32.2. The van der Waals surface area contributed by atoms with Crippen LogP contribution in [0, 0.1) is 0 Å². The molecule has 1 amide bonds. The Kier molecular flexibility index (Phi) is 6.50. The molecule has 0 N–H and O–H groups in total. The molecule has 0 spiro atoms. The van der Waals surface area contributed by atoms with Gasteiger partial charge in [0.1, 0.15) is 6.79 Å². The normalized spacial score (nSPS) is 21.1. The van der Waals surface area contributed by atoms with Crippen molar-refractivity contribution in [3.05, 3.63) is 17.0 Å². The molecule has 1 aliphatic heterocycles. The van der Waals surface area contributed by atoms with Crippen LogP contribution in [0.25, 0.3) is 0 Å². The van der Waals surface area contributed by atoms with Gasteiger partial charge in [-0.3, -0.25) is 4.79 Å². The summed E-state index contributed by atoms with van der Waals surface area (Å²) in [6.07, 6.45) is 0.600. The summed E-state index contributed by atoms with van der Waals surface area (Å²) in [4.78, 5) is 13.8. The zero-order chi connectivity index (χ0) is 15.2. The molecule has 0 saturated heterocycles. The van der Waals surface area contributed by atoms with E-state index in [1.54, 1.807) is 49.2 Å². The van der Waals surface area contributed by atoms with Gasteiger partial charge in [-0.25, -0.2) is 0 Å². The second-order valence-corrected chi connectivity index (χ2v) is 7.30. The van der Waals surface area contributed by atoms with Crippen LogP contribution in [0.1, 0.15) is 18.1 Å². The van der Waals surface area contributed by atoms with E-state index in [9.17, 15) is 4.79 Å². The van der Waals surface area contributed by atoms with Crippen molar-refractivity contribution >= 4 is 29.0 Å². The van der Waals surface area contributed by atoms with Gasteiger partial charge in [0.05, 0.1) is 28.8 Å². The third-order valence-electron chi connectivity index (χ3n) is 3.18. The average molecular weight is 331 g/mol. The second kappa shape index (κ2) is 8.14. The van der Waals surface area contributed by atoms with Crippen molar-refractivity contribution in [2.24, 2.45) is 0 Å². The lowest BCUT2D eigenvalue weighted by atomic mass is 10.1. The minimum absolute atomic E-state index is 0.0797. The highest BCUT2D eigenvalue weighted by Crippen LogP contribution is 2.45. The van der Waals surface area contributed by atoms with Gasteiger partial charge < -0.3 is 19.1 Å². The summed E-state index contributed by atoms with van der Waals surface area (Å²) in [5, 5.41) is 1.96. The lowest BCUT2D eigenvalue weighted by Gasteiger charge is -2.29. The van der Waals surface area contributed by atoms with Crippen molar-refractivity contribution < 1.29 is 19.0 Å². The van der Waals surface area contributed by atoms with Crippen LogP contribution in [-0.4, -0.2) is 57.3 Å². The number of rotatable bonds is 7. The molecule has 118 valence electrons. The second-order valence-electron chi connectivity index (χ2n) is 4.91. The number of methoxy groups -OCH3 is 1. The molecular weight excluding hydrogens is 310 g/mol. The molecule has 0 aliphatic carbocycles. The molecule has 2 atom stereocenters. The van der Waals surface area contributed by atoms with Crippen LogP contribution in [0.5, 0.6) is 0 Å². The van der Waals surface area contributed by atoms with Crippen LogP contribution in [0.3, 0.4) is 0 Å². The largest absolute Gasteiger partial charge is 0.382 e. The van der Waals surface area contributed by atoms with E-state index in [1.807, 2.05) is 5.38 Å². The number of hydrogen-bond donors (Lipinski definition) is 0.